The average Bonchev–Trinajstić information content (AvgIpc) is 3.29. The van der Waals surface area contributed by atoms with E-state index < -0.39 is 17.8 Å². The second-order valence-electron chi connectivity index (χ2n) is 9.08. The number of hydrogen-bond donors (Lipinski definition) is 2. The van der Waals surface area contributed by atoms with Crippen molar-refractivity contribution in [2.45, 2.75) is 31.5 Å². The van der Waals surface area contributed by atoms with Crippen molar-refractivity contribution < 1.29 is 22.0 Å². The maximum Gasteiger partial charge on any atom is 0.433 e. The maximum absolute atomic E-state index is 13.5. The van der Waals surface area contributed by atoms with E-state index in [1.54, 1.807) is 12.4 Å². The number of fused-ring (bicyclic) bond motifs is 1. The first-order valence-electron chi connectivity index (χ1n) is 11.6. The quantitative estimate of drug-likeness (QED) is 0.294. The SMILES string of the molecule is C=C(Nc1ccnc(C(F)(F)F)c1)c1n[nH]c2ccc(-c3cncc(CN4CCC(F)(F)CC4)c3)cc12. The number of aromatic nitrogens is 4. The fraction of sp³-hybridized carbons (Fsp3) is 0.269. The Morgan fingerprint density at radius 1 is 1.05 bits per heavy atom. The number of rotatable bonds is 6. The zero-order chi connectivity index (χ0) is 26.2. The van der Waals surface area contributed by atoms with Crippen molar-refractivity contribution in [1.29, 1.82) is 0 Å². The predicted molar refractivity (Wildman–Crippen MR) is 131 cm³/mol. The van der Waals surface area contributed by atoms with Crippen molar-refractivity contribution in [2.24, 2.45) is 0 Å². The van der Waals surface area contributed by atoms with Crippen LogP contribution >= 0.6 is 0 Å². The van der Waals surface area contributed by atoms with Gasteiger partial charge in [-0.25, -0.2) is 8.78 Å². The van der Waals surface area contributed by atoms with Gasteiger partial charge in [-0.3, -0.25) is 20.0 Å². The van der Waals surface area contributed by atoms with Crippen LogP contribution in [0.5, 0.6) is 0 Å². The van der Waals surface area contributed by atoms with Crippen LogP contribution in [0.4, 0.5) is 27.6 Å². The Hall–Kier alpha value is -3.86. The molecule has 11 heteroatoms. The molecule has 0 saturated carbocycles. The molecule has 1 fully saturated rings. The summed E-state index contributed by atoms with van der Waals surface area (Å²) in [4.78, 5) is 9.70. The van der Waals surface area contributed by atoms with Gasteiger partial charge < -0.3 is 5.32 Å². The molecule has 37 heavy (non-hydrogen) atoms. The first-order chi connectivity index (χ1) is 17.6. The van der Waals surface area contributed by atoms with Crippen LogP contribution in [0.3, 0.4) is 0 Å². The Bertz CT molecular complexity index is 1430. The highest BCUT2D eigenvalue weighted by Crippen LogP contribution is 2.32. The summed E-state index contributed by atoms with van der Waals surface area (Å²) in [6.45, 7) is 5.15. The molecule has 0 unspecified atom stereocenters. The summed E-state index contributed by atoms with van der Waals surface area (Å²) in [5.41, 5.74) is 3.29. The molecule has 1 aliphatic heterocycles. The number of anilines is 1. The highest BCUT2D eigenvalue weighted by molar-refractivity contribution is 5.95. The number of benzene rings is 1. The molecular weight excluding hydrogens is 491 g/mol. The summed E-state index contributed by atoms with van der Waals surface area (Å²) in [6, 6.07) is 9.96. The molecule has 2 N–H and O–H groups in total. The minimum absolute atomic E-state index is 0.144. The van der Waals surface area contributed by atoms with Crippen LogP contribution in [-0.4, -0.2) is 44.1 Å². The Labute approximate surface area is 209 Å². The van der Waals surface area contributed by atoms with E-state index in [-0.39, 0.29) is 18.5 Å². The summed E-state index contributed by atoms with van der Waals surface area (Å²) in [5, 5.41) is 10.8. The highest BCUT2D eigenvalue weighted by atomic mass is 19.4. The lowest BCUT2D eigenvalue weighted by Gasteiger charge is -2.31. The molecule has 1 saturated heterocycles. The van der Waals surface area contributed by atoms with Crippen molar-refractivity contribution in [3.63, 3.8) is 0 Å². The second-order valence-corrected chi connectivity index (χ2v) is 9.08. The predicted octanol–water partition coefficient (Wildman–Crippen LogP) is 6.35. The average molecular weight is 515 g/mol. The Kier molecular flexibility index (Phi) is 6.40. The molecule has 5 rings (SSSR count). The minimum Gasteiger partial charge on any atom is -0.354 e. The molecular formula is C26H23F5N6. The monoisotopic (exact) mass is 514 g/mol. The van der Waals surface area contributed by atoms with Crippen LogP contribution < -0.4 is 5.32 Å². The molecule has 4 aromatic rings. The van der Waals surface area contributed by atoms with E-state index in [4.69, 9.17) is 0 Å². The standard InChI is InChI=1S/C26H23F5N6/c1-16(34-20-4-7-33-23(12-20)26(29,30)31)24-21-11-18(2-3-22(21)35-36-24)19-10-17(13-32-14-19)15-37-8-5-25(27,28)6-9-37/h2-4,7,10-14H,1,5-6,8-9,15H2,(H,33,34)(H,35,36). The zero-order valence-corrected chi connectivity index (χ0v) is 19.6. The van der Waals surface area contributed by atoms with E-state index in [1.165, 1.54) is 6.07 Å². The molecule has 0 aliphatic carbocycles. The number of hydrogen-bond acceptors (Lipinski definition) is 5. The Morgan fingerprint density at radius 3 is 2.59 bits per heavy atom. The van der Waals surface area contributed by atoms with Crippen molar-refractivity contribution in [2.75, 3.05) is 18.4 Å². The number of H-pyrrole nitrogens is 1. The number of pyridine rings is 2. The van der Waals surface area contributed by atoms with Crippen LogP contribution in [0.25, 0.3) is 27.7 Å². The third-order valence-corrected chi connectivity index (χ3v) is 6.32. The topological polar surface area (TPSA) is 69.7 Å². The van der Waals surface area contributed by atoms with Crippen LogP contribution in [0.2, 0.25) is 0 Å². The smallest absolute Gasteiger partial charge is 0.354 e. The molecule has 4 heterocycles. The largest absolute Gasteiger partial charge is 0.433 e. The van der Waals surface area contributed by atoms with Gasteiger partial charge in [0.1, 0.15) is 11.4 Å². The molecule has 192 valence electrons. The van der Waals surface area contributed by atoms with Crippen molar-refractivity contribution in [1.82, 2.24) is 25.1 Å². The first-order valence-corrected chi connectivity index (χ1v) is 11.6. The number of likely N-dealkylation sites (tertiary alicyclic amines) is 1. The normalized spacial score (nSPS) is 16.1. The van der Waals surface area contributed by atoms with E-state index >= 15 is 0 Å². The second kappa shape index (κ2) is 9.55. The molecule has 0 amide bonds. The summed E-state index contributed by atoms with van der Waals surface area (Å²) in [5.74, 6) is -2.59. The summed E-state index contributed by atoms with van der Waals surface area (Å²) in [7, 11) is 0. The summed E-state index contributed by atoms with van der Waals surface area (Å²) < 4.78 is 66.0. The van der Waals surface area contributed by atoms with Crippen molar-refractivity contribution in [3.05, 3.63) is 78.5 Å². The zero-order valence-electron chi connectivity index (χ0n) is 19.6. The Balaban J connectivity index is 1.36. The van der Waals surface area contributed by atoms with Gasteiger partial charge in [0.2, 0.25) is 0 Å². The number of aromatic amines is 1. The molecule has 0 radical (unpaired) electrons. The fourth-order valence-corrected chi connectivity index (χ4v) is 4.35. The number of piperidine rings is 1. The first kappa shape index (κ1) is 24.8. The van der Waals surface area contributed by atoms with Gasteiger partial charge in [-0.15, -0.1) is 0 Å². The van der Waals surface area contributed by atoms with E-state index in [9.17, 15) is 22.0 Å². The lowest BCUT2D eigenvalue weighted by Crippen LogP contribution is -2.38. The van der Waals surface area contributed by atoms with Gasteiger partial charge in [0, 0.05) is 67.7 Å². The van der Waals surface area contributed by atoms with Crippen LogP contribution in [0.15, 0.2) is 61.6 Å². The number of nitrogens with one attached hydrogen (secondary N) is 2. The molecule has 0 atom stereocenters. The fourth-order valence-electron chi connectivity index (χ4n) is 4.35. The number of alkyl halides is 5. The summed E-state index contributed by atoms with van der Waals surface area (Å²) in [6.07, 6.45) is -0.321. The van der Waals surface area contributed by atoms with Gasteiger partial charge >= 0.3 is 6.18 Å². The molecule has 6 nitrogen and oxygen atoms in total. The lowest BCUT2D eigenvalue weighted by atomic mass is 10.0. The molecule has 3 aromatic heterocycles. The highest BCUT2D eigenvalue weighted by Gasteiger charge is 2.34. The van der Waals surface area contributed by atoms with Crippen molar-refractivity contribution in [3.8, 4) is 11.1 Å². The third-order valence-electron chi connectivity index (χ3n) is 6.32. The minimum atomic E-state index is -4.56. The van der Waals surface area contributed by atoms with Gasteiger partial charge in [0.05, 0.1) is 11.2 Å². The molecule has 1 aliphatic rings. The number of halogens is 5. The van der Waals surface area contributed by atoms with E-state index in [2.05, 4.69) is 32.1 Å². The van der Waals surface area contributed by atoms with Gasteiger partial charge in [0.15, 0.2) is 0 Å². The van der Waals surface area contributed by atoms with E-state index in [1.807, 2.05) is 29.2 Å². The summed E-state index contributed by atoms with van der Waals surface area (Å²) >= 11 is 0. The van der Waals surface area contributed by atoms with Gasteiger partial charge in [0.25, 0.3) is 5.92 Å². The molecule has 0 spiro atoms. The van der Waals surface area contributed by atoms with Crippen LogP contribution in [0, 0.1) is 0 Å². The van der Waals surface area contributed by atoms with Crippen molar-refractivity contribution >= 4 is 22.3 Å². The van der Waals surface area contributed by atoms with E-state index in [0.29, 0.717) is 31.0 Å². The van der Waals surface area contributed by atoms with Gasteiger partial charge in [-0.05, 0) is 41.5 Å². The van der Waals surface area contributed by atoms with E-state index in [0.717, 1.165) is 39.9 Å². The van der Waals surface area contributed by atoms with Crippen LogP contribution in [-0.2, 0) is 12.7 Å². The van der Waals surface area contributed by atoms with Gasteiger partial charge in [-0.2, -0.15) is 18.3 Å². The Morgan fingerprint density at radius 2 is 1.84 bits per heavy atom. The molecule has 0 bridgehead atoms. The number of nitrogens with zero attached hydrogens (tertiary/aromatic N) is 4. The van der Waals surface area contributed by atoms with Gasteiger partial charge in [-0.1, -0.05) is 12.6 Å². The van der Waals surface area contributed by atoms with Crippen LogP contribution in [0.1, 0.15) is 29.8 Å². The third kappa shape index (κ3) is 5.61. The lowest BCUT2D eigenvalue weighted by molar-refractivity contribution is -0.141. The molecule has 1 aromatic carbocycles. The maximum atomic E-state index is 13.5.